The van der Waals surface area contributed by atoms with E-state index in [4.69, 9.17) is 28.4 Å². The second-order valence-corrected chi connectivity index (χ2v) is 11.9. The fourth-order valence-electron chi connectivity index (χ4n) is 5.47. The van der Waals surface area contributed by atoms with Crippen LogP contribution >= 0.6 is 11.8 Å². The minimum atomic E-state index is -1.50. The number of thioether (sulfide) groups is 1. The van der Waals surface area contributed by atoms with Crippen LogP contribution in [0.5, 0.6) is 0 Å². The Hall–Kier alpha value is -4.63. The topological polar surface area (TPSA) is 190 Å². The number of esters is 4. The molecule has 1 amide bonds. The van der Waals surface area contributed by atoms with Crippen LogP contribution in [-0.4, -0.2) is 95.9 Å². The molecule has 1 aliphatic heterocycles. The molecule has 2 aromatic rings. The maximum Gasteiger partial charge on any atom is 0.407 e. The number of hydrogen-bond acceptors (Lipinski definition) is 13. The van der Waals surface area contributed by atoms with E-state index in [1.165, 1.54) is 0 Å². The zero-order valence-electron chi connectivity index (χ0n) is 26.0. The number of ether oxygens (including phenoxy) is 6. The first-order valence-corrected chi connectivity index (χ1v) is 15.7. The molecule has 252 valence electrons. The van der Waals surface area contributed by atoms with E-state index in [2.05, 4.69) is 5.32 Å². The first-order chi connectivity index (χ1) is 22.3. The molecule has 1 saturated heterocycles. The molecule has 6 atom stereocenters. The Morgan fingerprint density at radius 2 is 1.28 bits per heavy atom. The fourth-order valence-corrected chi connectivity index (χ4v) is 6.70. The quantitative estimate of drug-likeness (QED) is 0.247. The van der Waals surface area contributed by atoms with Gasteiger partial charge < -0.3 is 38.8 Å². The van der Waals surface area contributed by atoms with Crippen molar-refractivity contribution < 1.29 is 62.3 Å². The molecule has 14 nitrogen and oxygen atoms in total. The molecular weight excluding hydrogens is 638 g/mol. The summed E-state index contributed by atoms with van der Waals surface area (Å²) in [6.07, 6.45) is -6.32. The Bertz CT molecular complexity index is 1470. The molecule has 15 heteroatoms. The standard InChI is InChI=1S/C32H35NO13S/c1-16(34)41-14-26-27(43-17(2)35)28(44-18(3)36)29(45-19(4)37)31(46-26)47-15-25(30(38)39)33-32(40)42-13-24-22-11-7-5-9-20(22)21-10-6-8-12-23(21)24/h5-12,24-29,31H,13-15H2,1-4H3,(H,33,40)(H,38,39)/t25?,26-,27+,28+,29-,31+/m1/s1. The highest BCUT2D eigenvalue weighted by molar-refractivity contribution is 7.99. The lowest BCUT2D eigenvalue weighted by molar-refractivity contribution is -0.237. The molecule has 1 fully saturated rings. The predicted octanol–water partition coefficient (Wildman–Crippen LogP) is 2.79. The molecule has 0 saturated carbocycles. The molecule has 0 aromatic heterocycles. The van der Waals surface area contributed by atoms with Crippen molar-refractivity contribution in [2.24, 2.45) is 0 Å². The number of fused-ring (bicyclic) bond motifs is 3. The number of carbonyl (C=O) groups excluding carboxylic acids is 5. The van der Waals surface area contributed by atoms with Gasteiger partial charge >= 0.3 is 35.9 Å². The van der Waals surface area contributed by atoms with Gasteiger partial charge in [0.1, 0.15) is 30.8 Å². The van der Waals surface area contributed by atoms with Crippen molar-refractivity contribution in [3.63, 3.8) is 0 Å². The molecule has 0 bridgehead atoms. The number of rotatable bonds is 12. The third kappa shape index (κ3) is 9.01. The Kier molecular flexibility index (Phi) is 11.8. The van der Waals surface area contributed by atoms with Gasteiger partial charge in [-0.1, -0.05) is 48.5 Å². The lowest BCUT2D eigenvalue weighted by atomic mass is 9.98. The van der Waals surface area contributed by atoms with Crippen LogP contribution in [-0.2, 0) is 52.4 Å². The number of aliphatic carboxylic acids is 1. The lowest BCUT2D eigenvalue weighted by Crippen LogP contribution is -2.61. The zero-order chi connectivity index (χ0) is 34.2. The van der Waals surface area contributed by atoms with E-state index >= 15 is 0 Å². The third-order valence-electron chi connectivity index (χ3n) is 7.31. The molecule has 47 heavy (non-hydrogen) atoms. The molecular formula is C32H35NO13S. The second kappa shape index (κ2) is 15.8. The Morgan fingerprint density at radius 1 is 0.745 bits per heavy atom. The number of hydrogen-bond donors (Lipinski definition) is 2. The number of carboxylic acid groups (broad SMARTS) is 1. The highest BCUT2D eigenvalue weighted by atomic mass is 32.2. The molecule has 2 N–H and O–H groups in total. The number of carboxylic acids is 1. The average Bonchev–Trinajstić information content (AvgIpc) is 3.32. The summed E-state index contributed by atoms with van der Waals surface area (Å²) in [4.78, 5) is 72.6. The van der Waals surface area contributed by atoms with Gasteiger partial charge in [-0.05, 0) is 22.3 Å². The maximum atomic E-state index is 12.9. The van der Waals surface area contributed by atoms with E-state index < -0.39 is 78.4 Å². The fraction of sp³-hybridized carbons (Fsp3) is 0.438. The Balaban J connectivity index is 1.48. The predicted molar refractivity (Wildman–Crippen MR) is 164 cm³/mol. The van der Waals surface area contributed by atoms with Gasteiger partial charge in [0.05, 0.1) is 0 Å². The van der Waals surface area contributed by atoms with Crippen molar-refractivity contribution in [2.45, 2.75) is 69.5 Å². The summed E-state index contributed by atoms with van der Waals surface area (Å²) in [6.45, 7) is 3.95. The summed E-state index contributed by atoms with van der Waals surface area (Å²) >= 11 is 0.818. The minimum Gasteiger partial charge on any atom is -0.480 e. The van der Waals surface area contributed by atoms with Gasteiger partial charge in [0.15, 0.2) is 18.3 Å². The van der Waals surface area contributed by atoms with Gasteiger partial charge in [0.2, 0.25) is 0 Å². The summed E-state index contributed by atoms with van der Waals surface area (Å²) in [7, 11) is 0. The van der Waals surface area contributed by atoms with Crippen molar-refractivity contribution >= 4 is 47.7 Å². The lowest BCUT2D eigenvalue weighted by Gasteiger charge is -2.44. The van der Waals surface area contributed by atoms with E-state index in [9.17, 15) is 33.9 Å². The van der Waals surface area contributed by atoms with Crippen molar-refractivity contribution in [3.8, 4) is 11.1 Å². The summed E-state index contributed by atoms with van der Waals surface area (Å²) < 4.78 is 32.7. The maximum absolute atomic E-state index is 12.9. The Labute approximate surface area is 274 Å². The summed E-state index contributed by atoms with van der Waals surface area (Å²) in [5.41, 5.74) is 2.80. The van der Waals surface area contributed by atoms with E-state index in [1.54, 1.807) is 0 Å². The van der Waals surface area contributed by atoms with E-state index in [1.807, 2.05) is 48.5 Å². The first-order valence-electron chi connectivity index (χ1n) is 14.6. The summed E-state index contributed by atoms with van der Waals surface area (Å²) in [5.74, 6) is -5.03. The molecule has 0 spiro atoms. The van der Waals surface area contributed by atoms with E-state index in [-0.39, 0.29) is 18.3 Å². The van der Waals surface area contributed by atoms with Gasteiger partial charge in [-0.2, -0.15) is 0 Å². The summed E-state index contributed by atoms with van der Waals surface area (Å²) in [6, 6.07) is 14.0. The minimum absolute atomic E-state index is 0.0426. The number of benzene rings is 2. The third-order valence-corrected chi connectivity index (χ3v) is 8.54. The number of nitrogens with one attached hydrogen (secondary N) is 1. The molecule has 2 aliphatic rings. The Morgan fingerprint density at radius 3 is 1.81 bits per heavy atom. The van der Waals surface area contributed by atoms with Gasteiger partial charge in [-0.3, -0.25) is 19.2 Å². The van der Waals surface area contributed by atoms with Crippen LogP contribution < -0.4 is 5.32 Å². The SMILES string of the molecule is CC(=O)OC[C@H]1O[C@@H](SCC(NC(=O)OCC2c3ccccc3-c3ccccc32)C(=O)O)[C@H](OC(C)=O)[C@@H](OC(C)=O)[C@H]1OC(C)=O. The highest BCUT2D eigenvalue weighted by Gasteiger charge is 2.52. The molecule has 4 rings (SSSR count). The monoisotopic (exact) mass is 673 g/mol. The second-order valence-electron chi connectivity index (χ2n) is 10.8. The van der Waals surface area contributed by atoms with Crippen LogP contribution in [0.25, 0.3) is 11.1 Å². The molecule has 0 radical (unpaired) electrons. The van der Waals surface area contributed by atoms with Crippen LogP contribution in [0.2, 0.25) is 0 Å². The van der Waals surface area contributed by atoms with Crippen LogP contribution in [0.3, 0.4) is 0 Å². The van der Waals surface area contributed by atoms with Crippen LogP contribution in [0, 0.1) is 0 Å². The van der Waals surface area contributed by atoms with Crippen molar-refractivity contribution in [2.75, 3.05) is 19.0 Å². The molecule has 1 heterocycles. The van der Waals surface area contributed by atoms with Crippen molar-refractivity contribution in [3.05, 3.63) is 59.7 Å². The largest absolute Gasteiger partial charge is 0.480 e. The molecule has 1 aliphatic carbocycles. The number of amides is 1. The highest BCUT2D eigenvalue weighted by Crippen LogP contribution is 2.44. The van der Waals surface area contributed by atoms with Gasteiger partial charge in [-0.15, -0.1) is 11.8 Å². The number of alkyl carbamates (subject to hydrolysis) is 1. The zero-order valence-corrected chi connectivity index (χ0v) is 26.9. The van der Waals surface area contributed by atoms with Gasteiger partial charge in [-0.25, -0.2) is 9.59 Å². The summed E-state index contributed by atoms with van der Waals surface area (Å²) in [5, 5.41) is 12.3. The van der Waals surface area contributed by atoms with E-state index in [0.29, 0.717) is 0 Å². The van der Waals surface area contributed by atoms with E-state index in [0.717, 1.165) is 61.7 Å². The normalized spacial score (nSPS) is 22.1. The van der Waals surface area contributed by atoms with Gasteiger partial charge in [0.25, 0.3) is 0 Å². The molecule has 1 unspecified atom stereocenters. The van der Waals surface area contributed by atoms with Crippen LogP contribution in [0.15, 0.2) is 48.5 Å². The van der Waals surface area contributed by atoms with Crippen molar-refractivity contribution in [1.82, 2.24) is 5.32 Å². The van der Waals surface area contributed by atoms with Crippen molar-refractivity contribution in [1.29, 1.82) is 0 Å². The average molecular weight is 674 g/mol. The smallest absolute Gasteiger partial charge is 0.407 e. The first kappa shape index (κ1) is 35.2. The van der Waals surface area contributed by atoms with Crippen LogP contribution in [0.4, 0.5) is 4.79 Å². The number of carbonyl (C=O) groups is 6. The van der Waals surface area contributed by atoms with Crippen LogP contribution in [0.1, 0.15) is 44.7 Å². The van der Waals surface area contributed by atoms with Gasteiger partial charge in [0, 0.05) is 39.4 Å². The molecule has 2 aromatic carbocycles.